The molecule has 1 saturated heterocycles. The van der Waals surface area contributed by atoms with E-state index in [0.717, 1.165) is 10.5 Å². The average Bonchev–Trinajstić information content (AvgIpc) is 3.04. The molecule has 1 fully saturated rings. The van der Waals surface area contributed by atoms with E-state index in [0.29, 0.717) is 28.1 Å². The van der Waals surface area contributed by atoms with Gasteiger partial charge in [0.1, 0.15) is 23.7 Å². The SMILES string of the molecule is CCOc1cc(/C=C2/C(=O)NC(=O)N(c3ccc(OCc4ccccc4)cc3)C2=O)cc(Br)c1OCC(=O)Nc1ccc(F)cc1. The third-order valence-corrected chi connectivity index (χ3v) is 7.15. The topological polar surface area (TPSA) is 123 Å². The van der Waals surface area contributed by atoms with Crippen molar-refractivity contribution in [3.63, 3.8) is 0 Å². The summed E-state index contributed by atoms with van der Waals surface area (Å²) in [5.74, 6) is -1.62. The van der Waals surface area contributed by atoms with Crippen LogP contribution in [0.3, 0.4) is 0 Å². The number of carbonyl (C=O) groups is 4. The predicted molar refractivity (Wildman–Crippen MR) is 172 cm³/mol. The van der Waals surface area contributed by atoms with Gasteiger partial charge in [0, 0.05) is 5.69 Å². The zero-order valence-electron chi connectivity index (χ0n) is 24.4. The Morgan fingerprint density at radius 3 is 2.35 bits per heavy atom. The van der Waals surface area contributed by atoms with Gasteiger partial charge in [0.05, 0.1) is 16.8 Å². The molecule has 234 valence electrons. The van der Waals surface area contributed by atoms with Gasteiger partial charge in [-0.3, -0.25) is 19.7 Å². The number of carbonyl (C=O) groups excluding carboxylic acids is 4. The van der Waals surface area contributed by atoms with E-state index < -0.39 is 29.6 Å². The Morgan fingerprint density at radius 1 is 0.935 bits per heavy atom. The molecule has 12 heteroatoms. The average molecular weight is 689 g/mol. The molecule has 5 rings (SSSR count). The van der Waals surface area contributed by atoms with Gasteiger partial charge >= 0.3 is 6.03 Å². The van der Waals surface area contributed by atoms with Crippen molar-refractivity contribution in [2.45, 2.75) is 13.5 Å². The van der Waals surface area contributed by atoms with E-state index in [1.54, 1.807) is 37.3 Å². The molecular formula is C34H27BrFN3O7. The largest absolute Gasteiger partial charge is 0.490 e. The highest BCUT2D eigenvalue weighted by Crippen LogP contribution is 2.38. The molecule has 2 N–H and O–H groups in total. The molecule has 4 aromatic carbocycles. The summed E-state index contributed by atoms with van der Waals surface area (Å²) in [6, 6.07) is 23.5. The molecular weight excluding hydrogens is 661 g/mol. The number of imide groups is 2. The van der Waals surface area contributed by atoms with Crippen LogP contribution < -0.4 is 29.7 Å². The van der Waals surface area contributed by atoms with Gasteiger partial charge in [-0.25, -0.2) is 14.1 Å². The summed E-state index contributed by atoms with van der Waals surface area (Å²) in [7, 11) is 0. The van der Waals surface area contributed by atoms with Gasteiger partial charge < -0.3 is 19.5 Å². The lowest BCUT2D eigenvalue weighted by atomic mass is 10.1. The van der Waals surface area contributed by atoms with Gasteiger partial charge in [-0.1, -0.05) is 30.3 Å². The summed E-state index contributed by atoms with van der Waals surface area (Å²) in [6.45, 7) is 1.96. The molecule has 5 amide bonds. The number of amides is 5. The molecule has 0 saturated carbocycles. The first-order chi connectivity index (χ1) is 22.2. The number of halogens is 2. The normalized spacial score (nSPS) is 13.8. The van der Waals surface area contributed by atoms with Gasteiger partial charge in [-0.2, -0.15) is 0 Å². The van der Waals surface area contributed by atoms with Gasteiger partial charge in [-0.05, 0) is 101 Å². The fourth-order valence-electron chi connectivity index (χ4n) is 4.43. The number of hydrogen-bond donors (Lipinski definition) is 2. The number of barbiturate groups is 1. The van der Waals surface area contributed by atoms with E-state index in [2.05, 4.69) is 26.6 Å². The van der Waals surface area contributed by atoms with Crippen LogP contribution in [0.25, 0.3) is 6.08 Å². The van der Waals surface area contributed by atoms with Crippen molar-refractivity contribution in [3.05, 3.63) is 118 Å². The molecule has 0 aromatic heterocycles. The second kappa shape index (κ2) is 14.5. The molecule has 0 unspecified atom stereocenters. The summed E-state index contributed by atoms with van der Waals surface area (Å²) < 4.78 is 30.7. The Kier molecular flexibility index (Phi) is 10.1. The smallest absolute Gasteiger partial charge is 0.335 e. The summed E-state index contributed by atoms with van der Waals surface area (Å²) in [6.07, 6.45) is 1.33. The Bertz CT molecular complexity index is 1800. The maximum Gasteiger partial charge on any atom is 0.335 e. The second-order valence-electron chi connectivity index (χ2n) is 9.83. The first-order valence-corrected chi connectivity index (χ1v) is 14.8. The van der Waals surface area contributed by atoms with Crippen LogP contribution in [0.2, 0.25) is 0 Å². The highest BCUT2D eigenvalue weighted by atomic mass is 79.9. The van der Waals surface area contributed by atoms with Crippen molar-refractivity contribution in [3.8, 4) is 17.2 Å². The number of urea groups is 1. The highest BCUT2D eigenvalue weighted by Gasteiger charge is 2.37. The summed E-state index contributed by atoms with van der Waals surface area (Å²) in [4.78, 5) is 52.3. The number of ether oxygens (including phenoxy) is 3. The molecule has 0 atom stereocenters. The molecule has 46 heavy (non-hydrogen) atoms. The van der Waals surface area contributed by atoms with Gasteiger partial charge in [0.2, 0.25) is 0 Å². The molecule has 1 heterocycles. The van der Waals surface area contributed by atoms with Crippen molar-refractivity contribution < 1.29 is 37.8 Å². The minimum atomic E-state index is -0.885. The molecule has 0 spiro atoms. The first kappa shape index (κ1) is 31.9. The van der Waals surface area contributed by atoms with Gasteiger partial charge in [0.25, 0.3) is 17.7 Å². The maximum atomic E-state index is 13.5. The summed E-state index contributed by atoms with van der Waals surface area (Å²) >= 11 is 3.41. The minimum absolute atomic E-state index is 0.212. The standard InChI is InChI=1S/C34H27BrFN3O7/c1-2-44-29-18-22(17-28(35)31(29)46-20-30(40)37-24-10-8-23(36)9-11-24)16-27-32(41)38-34(43)39(33(27)42)25-12-14-26(15-13-25)45-19-21-6-4-3-5-7-21/h3-18H,2,19-20H2,1H3,(H,37,40)(H,38,41,43)/b27-16-. The Balaban J connectivity index is 1.32. The molecule has 0 bridgehead atoms. The van der Waals surface area contributed by atoms with Gasteiger partial charge in [-0.15, -0.1) is 0 Å². The van der Waals surface area contributed by atoms with Crippen LogP contribution in [0.1, 0.15) is 18.1 Å². The van der Waals surface area contributed by atoms with E-state index >= 15 is 0 Å². The number of benzene rings is 4. The van der Waals surface area contributed by atoms with E-state index in [9.17, 15) is 23.6 Å². The van der Waals surface area contributed by atoms with E-state index in [1.165, 1.54) is 36.4 Å². The van der Waals surface area contributed by atoms with Crippen LogP contribution >= 0.6 is 15.9 Å². The second-order valence-corrected chi connectivity index (χ2v) is 10.7. The molecule has 1 aliphatic heterocycles. The molecule has 0 aliphatic carbocycles. The van der Waals surface area contributed by atoms with Crippen LogP contribution in [0.4, 0.5) is 20.6 Å². The van der Waals surface area contributed by atoms with Crippen molar-refractivity contribution in [1.82, 2.24) is 5.32 Å². The maximum absolute atomic E-state index is 13.5. The monoisotopic (exact) mass is 687 g/mol. The van der Waals surface area contributed by atoms with Crippen molar-refractivity contribution >= 4 is 57.1 Å². The van der Waals surface area contributed by atoms with Crippen molar-refractivity contribution in [1.29, 1.82) is 0 Å². The fraction of sp³-hybridized carbons (Fsp3) is 0.118. The predicted octanol–water partition coefficient (Wildman–Crippen LogP) is 6.25. The number of rotatable bonds is 11. The van der Waals surface area contributed by atoms with Crippen LogP contribution in [-0.4, -0.2) is 37.0 Å². The first-order valence-electron chi connectivity index (χ1n) is 14.0. The van der Waals surface area contributed by atoms with E-state index in [1.807, 2.05) is 30.3 Å². The van der Waals surface area contributed by atoms with Crippen LogP contribution in [-0.2, 0) is 21.0 Å². The number of nitrogens with zero attached hydrogens (tertiary/aromatic N) is 1. The van der Waals surface area contributed by atoms with Crippen LogP contribution in [0.15, 0.2) is 101 Å². The van der Waals surface area contributed by atoms with E-state index in [4.69, 9.17) is 14.2 Å². The lowest BCUT2D eigenvalue weighted by Crippen LogP contribution is -2.54. The number of anilines is 2. The lowest BCUT2D eigenvalue weighted by Gasteiger charge is -2.26. The molecule has 10 nitrogen and oxygen atoms in total. The van der Waals surface area contributed by atoms with Crippen molar-refractivity contribution in [2.75, 3.05) is 23.4 Å². The summed E-state index contributed by atoms with van der Waals surface area (Å²) in [5.41, 5.74) is 1.72. The highest BCUT2D eigenvalue weighted by molar-refractivity contribution is 9.10. The fourth-order valence-corrected chi connectivity index (χ4v) is 5.01. The molecule has 0 radical (unpaired) electrons. The molecule has 4 aromatic rings. The quantitative estimate of drug-likeness (QED) is 0.141. The number of hydrogen-bond acceptors (Lipinski definition) is 7. The van der Waals surface area contributed by atoms with Crippen molar-refractivity contribution in [2.24, 2.45) is 0 Å². The summed E-state index contributed by atoms with van der Waals surface area (Å²) in [5, 5.41) is 4.81. The van der Waals surface area contributed by atoms with E-state index in [-0.39, 0.29) is 36.0 Å². The lowest BCUT2D eigenvalue weighted by molar-refractivity contribution is -0.122. The minimum Gasteiger partial charge on any atom is -0.490 e. The Hall–Kier alpha value is -5.49. The Labute approximate surface area is 271 Å². The van der Waals surface area contributed by atoms with Crippen LogP contribution in [0.5, 0.6) is 17.2 Å². The Morgan fingerprint density at radius 2 is 1.65 bits per heavy atom. The zero-order valence-corrected chi connectivity index (χ0v) is 26.0. The van der Waals surface area contributed by atoms with Gasteiger partial charge in [0.15, 0.2) is 18.1 Å². The third kappa shape index (κ3) is 7.77. The number of nitrogens with one attached hydrogen (secondary N) is 2. The molecule has 1 aliphatic rings. The third-order valence-electron chi connectivity index (χ3n) is 6.56. The van der Waals surface area contributed by atoms with Crippen LogP contribution in [0, 0.1) is 5.82 Å². The zero-order chi connectivity index (χ0) is 32.6.